The van der Waals surface area contributed by atoms with Gasteiger partial charge in [-0.2, -0.15) is 8.42 Å². The molecule has 1 atom stereocenters. The number of sulfonamides is 1. The molecule has 3 heterocycles. The molecule has 1 unspecified atom stereocenters. The highest BCUT2D eigenvalue weighted by molar-refractivity contribution is 7.90. The molecule has 1 aliphatic heterocycles. The lowest BCUT2D eigenvalue weighted by Crippen LogP contribution is -2.41. The first-order valence-corrected chi connectivity index (χ1v) is 13.2. The monoisotopic (exact) mass is 513 g/mol. The van der Waals surface area contributed by atoms with Gasteiger partial charge >= 0.3 is 0 Å². The third kappa shape index (κ3) is 5.57. The summed E-state index contributed by atoms with van der Waals surface area (Å²) in [7, 11) is -4.22. The fraction of sp³-hybridized carbons (Fsp3) is 0.320. The minimum absolute atomic E-state index is 0.200. The van der Waals surface area contributed by atoms with Crippen molar-refractivity contribution in [3.8, 4) is 0 Å². The number of rotatable bonds is 7. The number of carbonyl (C=O) groups is 1. The molecule has 4 rings (SSSR count). The number of anilines is 2. The second-order valence-corrected chi connectivity index (χ2v) is 11.4. The molecule has 2 N–H and O–H groups in total. The molecule has 1 fully saturated rings. The van der Waals surface area contributed by atoms with Crippen LogP contribution in [-0.4, -0.2) is 36.4 Å². The Kier molecular flexibility index (Phi) is 7.00. The normalized spacial score (nSPS) is 17.3. The lowest BCUT2D eigenvalue weighted by Gasteiger charge is -2.33. The van der Waals surface area contributed by atoms with E-state index in [4.69, 9.17) is 11.6 Å². The van der Waals surface area contributed by atoms with Crippen molar-refractivity contribution >= 4 is 39.2 Å². The Morgan fingerprint density at radius 2 is 1.91 bits per heavy atom. The predicted molar refractivity (Wildman–Crippen MR) is 137 cm³/mol. The third-order valence-electron chi connectivity index (χ3n) is 6.00. The summed E-state index contributed by atoms with van der Waals surface area (Å²) in [5.74, 6) is 0.490. The molecule has 0 bridgehead atoms. The second-order valence-electron chi connectivity index (χ2n) is 9.35. The Bertz CT molecular complexity index is 1350. The van der Waals surface area contributed by atoms with Crippen molar-refractivity contribution in [3.63, 3.8) is 0 Å². The Hall–Kier alpha value is -3.17. The zero-order chi connectivity index (χ0) is 25.2. The molecule has 0 spiro atoms. The van der Waals surface area contributed by atoms with Crippen molar-refractivity contribution in [2.75, 3.05) is 16.8 Å². The lowest BCUT2D eigenvalue weighted by molar-refractivity contribution is 0.0981. The molecule has 1 aromatic carbocycles. The smallest absolute Gasteiger partial charge is 0.281 e. The molecule has 1 aliphatic rings. The van der Waals surface area contributed by atoms with Crippen LogP contribution in [0.1, 0.15) is 43.1 Å². The van der Waals surface area contributed by atoms with Crippen LogP contribution in [0.4, 0.5) is 11.6 Å². The first kappa shape index (κ1) is 24.9. The highest BCUT2D eigenvalue weighted by Gasteiger charge is 2.39. The topological polar surface area (TPSA) is 104 Å². The van der Waals surface area contributed by atoms with E-state index in [1.165, 1.54) is 6.07 Å². The third-order valence-corrected chi connectivity index (χ3v) is 7.60. The minimum atomic E-state index is -4.22. The van der Waals surface area contributed by atoms with Gasteiger partial charge in [-0.05, 0) is 62.1 Å². The Morgan fingerprint density at radius 3 is 2.63 bits per heavy atom. The fourth-order valence-electron chi connectivity index (χ4n) is 4.47. The Balaban J connectivity index is 1.53. The van der Waals surface area contributed by atoms with Crippen LogP contribution >= 0.6 is 11.6 Å². The van der Waals surface area contributed by atoms with Gasteiger partial charge in [0.05, 0.1) is 5.56 Å². The number of carbonyl (C=O) groups excluding carboxylic acids is 1. The first-order chi connectivity index (χ1) is 16.6. The Morgan fingerprint density at radius 1 is 1.14 bits per heavy atom. The molecule has 2 aromatic heterocycles. The average molecular weight is 514 g/mol. The SMILES string of the molecule is CC1CN(c2ncccc2C(=O)NS(=O)(=O)c2cccc(NCc3ccccc3Cl)n2)C(C)(C)C1. The summed E-state index contributed by atoms with van der Waals surface area (Å²) < 4.78 is 28.2. The van der Waals surface area contributed by atoms with E-state index in [-0.39, 0.29) is 16.1 Å². The van der Waals surface area contributed by atoms with E-state index in [0.29, 0.717) is 29.1 Å². The van der Waals surface area contributed by atoms with Crippen molar-refractivity contribution in [2.45, 2.75) is 44.3 Å². The zero-order valence-electron chi connectivity index (χ0n) is 19.8. The van der Waals surface area contributed by atoms with Gasteiger partial charge in [0.1, 0.15) is 11.6 Å². The largest absolute Gasteiger partial charge is 0.366 e. The van der Waals surface area contributed by atoms with Crippen molar-refractivity contribution in [2.24, 2.45) is 5.92 Å². The van der Waals surface area contributed by atoms with E-state index < -0.39 is 15.9 Å². The molecule has 184 valence electrons. The molecular formula is C25H28ClN5O3S. The number of benzene rings is 1. The summed E-state index contributed by atoms with van der Waals surface area (Å²) >= 11 is 6.18. The number of hydrogen-bond donors (Lipinski definition) is 2. The molecule has 10 heteroatoms. The van der Waals surface area contributed by atoms with Crippen LogP contribution in [0.3, 0.4) is 0 Å². The summed E-state index contributed by atoms with van der Waals surface area (Å²) in [6, 6.07) is 15.1. The summed E-state index contributed by atoms with van der Waals surface area (Å²) in [5.41, 5.74) is 0.845. The highest BCUT2D eigenvalue weighted by Crippen LogP contribution is 2.37. The van der Waals surface area contributed by atoms with Gasteiger partial charge < -0.3 is 10.2 Å². The van der Waals surface area contributed by atoms with E-state index in [1.807, 2.05) is 18.2 Å². The zero-order valence-corrected chi connectivity index (χ0v) is 21.4. The Labute approximate surface area is 210 Å². The molecule has 1 saturated heterocycles. The molecule has 0 radical (unpaired) electrons. The van der Waals surface area contributed by atoms with Crippen LogP contribution in [-0.2, 0) is 16.6 Å². The maximum Gasteiger partial charge on any atom is 0.281 e. The lowest BCUT2D eigenvalue weighted by atomic mass is 9.97. The molecule has 35 heavy (non-hydrogen) atoms. The van der Waals surface area contributed by atoms with E-state index >= 15 is 0 Å². The minimum Gasteiger partial charge on any atom is -0.366 e. The maximum absolute atomic E-state index is 13.1. The number of pyridine rings is 2. The van der Waals surface area contributed by atoms with Crippen molar-refractivity contribution in [1.29, 1.82) is 0 Å². The fourth-order valence-corrected chi connectivity index (χ4v) is 5.61. The summed E-state index contributed by atoms with van der Waals surface area (Å²) in [4.78, 5) is 23.8. The average Bonchev–Trinajstić information content (AvgIpc) is 3.10. The van der Waals surface area contributed by atoms with Crippen LogP contribution in [0, 0.1) is 5.92 Å². The van der Waals surface area contributed by atoms with E-state index in [1.54, 1.807) is 36.5 Å². The van der Waals surface area contributed by atoms with E-state index in [0.717, 1.165) is 18.5 Å². The first-order valence-electron chi connectivity index (χ1n) is 11.3. The number of hydrogen-bond acceptors (Lipinski definition) is 7. The number of nitrogens with one attached hydrogen (secondary N) is 2. The number of aromatic nitrogens is 2. The molecule has 3 aromatic rings. The predicted octanol–water partition coefficient (Wildman–Crippen LogP) is 4.49. The second kappa shape index (κ2) is 9.83. The van der Waals surface area contributed by atoms with E-state index in [9.17, 15) is 13.2 Å². The number of halogens is 1. The molecule has 1 amide bonds. The van der Waals surface area contributed by atoms with Crippen LogP contribution in [0.15, 0.2) is 65.8 Å². The van der Waals surface area contributed by atoms with Crippen molar-refractivity contribution < 1.29 is 13.2 Å². The van der Waals surface area contributed by atoms with Crippen LogP contribution < -0.4 is 14.9 Å². The summed E-state index contributed by atoms with van der Waals surface area (Å²) in [5, 5.41) is 3.40. The van der Waals surface area contributed by atoms with Crippen molar-refractivity contribution in [3.05, 3.63) is 76.9 Å². The molecule has 0 saturated carbocycles. The van der Waals surface area contributed by atoms with Crippen molar-refractivity contribution in [1.82, 2.24) is 14.7 Å². The molecule has 0 aliphatic carbocycles. The van der Waals surface area contributed by atoms with Gasteiger partial charge in [-0.15, -0.1) is 0 Å². The van der Waals surface area contributed by atoms with Gasteiger partial charge in [0.2, 0.25) is 0 Å². The molecular weight excluding hydrogens is 486 g/mol. The van der Waals surface area contributed by atoms with Gasteiger partial charge in [0.25, 0.3) is 15.9 Å². The highest BCUT2D eigenvalue weighted by atomic mass is 35.5. The van der Waals surface area contributed by atoms with Crippen LogP contribution in [0.2, 0.25) is 5.02 Å². The van der Waals surface area contributed by atoms with Gasteiger partial charge in [0, 0.05) is 29.8 Å². The summed E-state index contributed by atoms with van der Waals surface area (Å²) in [6.45, 7) is 7.43. The van der Waals surface area contributed by atoms with Gasteiger partial charge in [-0.3, -0.25) is 4.79 Å². The standard InChI is InChI=1S/C25H28ClN5O3S/c1-17-14-25(2,3)31(16-17)23-19(9-7-13-27-23)24(32)30-35(33,34)22-12-6-11-21(29-22)28-15-18-8-4-5-10-20(18)26/h4-13,17H,14-16H2,1-3H3,(H,28,29)(H,30,32). The summed E-state index contributed by atoms with van der Waals surface area (Å²) in [6.07, 6.45) is 2.55. The van der Waals surface area contributed by atoms with E-state index in [2.05, 4.69) is 45.7 Å². The molecule has 8 nitrogen and oxygen atoms in total. The maximum atomic E-state index is 13.1. The quantitative estimate of drug-likeness (QED) is 0.479. The van der Waals surface area contributed by atoms with Gasteiger partial charge in [-0.25, -0.2) is 14.7 Å². The van der Waals surface area contributed by atoms with Crippen LogP contribution in [0.5, 0.6) is 0 Å². The van der Waals surface area contributed by atoms with Gasteiger partial charge in [0.15, 0.2) is 5.03 Å². The number of amides is 1. The van der Waals surface area contributed by atoms with Gasteiger partial charge in [-0.1, -0.05) is 42.8 Å². The number of nitrogens with zero attached hydrogens (tertiary/aromatic N) is 3. The van der Waals surface area contributed by atoms with Crippen LogP contribution in [0.25, 0.3) is 0 Å².